The average Bonchev–Trinajstić information content (AvgIpc) is 3.23. The summed E-state index contributed by atoms with van der Waals surface area (Å²) in [6, 6.07) is 19.8. The standard InChI is InChI=1S/C22H22N8O/c31-22(15-30-19-9-5-4-8-18(19)26-27-30)25-20-14-21(24-16-23-20)29-12-10-28(11-13-29)17-6-2-1-3-7-17/h1-9,14,16H,10-13,15H2,(H,23,24,25,31). The summed E-state index contributed by atoms with van der Waals surface area (Å²) < 4.78 is 1.58. The van der Waals surface area contributed by atoms with E-state index in [4.69, 9.17) is 0 Å². The van der Waals surface area contributed by atoms with E-state index in [2.05, 4.69) is 59.7 Å². The predicted octanol–water partition coefficient (Wildman–Crippen LogP) is 2.19. The Labute approximate surface area is 179 Å². The molecular weight excluding hydrogens is 392 g/mol. The first kappa shape index (κ1) is 19.0. The number of piperazine rings is 1. The zero-order valence-corrected chi connectivity index (χ0v) is 16.9. The van der Waals surface area contributed by atoms with Crippen molar-refractivity contribution in [2.75, 3.05) is 41.3 Å². The molecule has 3 heterocycles. The van der Waals surface area contributed by atoms with Crippen LogP contribution >= 0.6 is 0 Å². The lowest BCUT2D eigenvalue weighted by molar-refractivity contribution is -0.116. The average molecular weight is 414 g/mol. The van der Waals surface area contributed by atoms with Gasteiger partial charge in [0.05, 0.1) is 5.52 Å². The third kappa shape index (κ3) is 4.16. The van der Waals surface area contributed by atoms with E-state index < -0.39 is 0 Å². The number of nitrogens with zero attached hydrogens (tertiary/aromatic N) is 7. The summed E-state index contributed by atoms with van der Waals surface area (Å²) in [4.78, 5) is 25.7. The molecule has 1 amide bonds. The zero-order chi connectivity index (χ0) is 21.0. The van der Waals surface area contributed by atoms with Crippen LogP contribution in [0.5, 0.6) is 0 Å². The van der Waals surface area contributed by atoms with Gasteiger partial charge in [-0.1, -0.05) is 35.5 Å². The van der Waals surface area contributed by atoms with Gasteiger partial charge in [0.2, 0.25) is 5.91 Å². The number of anilines is 3. The van der Waals surface area contributed by atoms with E-state index in [-0.39, 0.29) is 12.5 Å². The Bertz CT molecular complexity index is 1180. The van der Waals surface area contributed by atoms with Crippen LogP contribution in [0.15, 0.2) is 67.0 Å². The minimum Gasteiger partial charge on any atom is -0.368 e. The van der Waals surface area contributed by atoms with Gasteiger partial charge in [-0.3, -0.25) is 4.79 Å². The number of hydrogen-bond donors (Lipinski definition) is 1. The number of amides is 1. The molecule has 0 bridgehead atoms. The van der Waals surface area contributed by atoms with Crippen molar-refractivity contribution in [1.82, 2.24) is 25.0 Å². The van der Waals surface area contributed by atoms with Crippen molar-refractivity contribution >= 4 is 34.3 Å². The van der Waals surface area contributed by atoms with Crippen LogP contribution in [0.25, 0.3) is 11.0 Å². The fourth-order valence-electron chi connectivity index (χ4n) is 3.77. The molecule has 0 spiro atoms. The number of hydrogen-bond acceptors (Lipinski definition) is 7. The van der Waals surface area contributed by atoms with E-state index in [1.54, 1.807) is 4.68 Å². The zero-order valence-electron chi connectivity index (χ0n) is 16.9. The van der Waals surface area contributed by atoms with Crippen LogP contribution in [0, 0.1) is 0 Å². The van der Waals surface area contributed by atoms with Gasteiger partial charge in [-0.15, -0.1) is 5.10 Å². The fraction of sp³-hybridized carbons (Fsp3) is 0.227. The highest BCUT2D eigenvalue weighted by Crippen LogP contribution is 2.20. The van der Waals surface area contributed by atoms with Crippen molar-refractivity contribution in [2.24, 2.45) is 0 Å². The molecule has 1 saturated heterocycles. The molecule has 5 rings (SSSR count). The molecule has 1 aliphatic rings. The van der Waals surface area contributed by atoms with Crippen LogP contribution in [0.2, 0.25) is 0 Å². The van der Waals surface area contributed by atoms with E-state index in [0.29, 0.717) is 5.82 Å². The Morgan fingerprint density at radius 2 is 1.65 bits per heavy atom. The molecular formula is C22H22N8O. The highest BCUT2D eigenvalue weighted by atomic mass is 16.2. The number of nitrogens with one attached hydrogen (secondary N) is 1. The predicted molar refractivity (Wildman–Crippen MR) is 119 cm³/mol. The molecule has 2 aromatic carbocycles. The summed E-state index contributed by atoms with van der Waals surface area (Å²) in [6.07, 6.45) is 1.49. The Morgan fingerprint density at radius 1 is 0.903 bits per heavy atom. The Kier molecular flexibility index (Phi) is 5.14. The maximum absolute atomic E-state index is 12.5. The number of benzene rings is 2. The smallest absolute Gasteiger partial charge is 0.247 e. The van der Waals surface area contributed by atoms with Crippen molar-refractivity contribution in [3.63, 3.8) is 0 Å². The second-order valence-corrected chi connectivity index (χ2v) is 7.36. The molecule has 9 heteroatoms. The van der Waals surface area contributed by atoms with E-state index in [9.17, 15) is 4.79 Å². The van der Waals surface area contributed by atoms with Gasteiger partial charge in [-0.05, 0) is 24.3 Å². The van der Waals surface area contributed by atoms with E-state index in [0.717, 1.165) is 43.0 Å². The monoisotopic (exact) mass is 414 g/mol. The van der Waals surface area contributed by atoms with E-state index in [1.807, 2.05) is 36.4 Å². The van der Waals surface area contributed by atoms with Crippen LogP contribution in [-0.2, 0) is 11.3 Å². The minimum absolute atomic E-state index is 0.0651. The summed E-state index contributed by atoms with van der Waals surface area (Å²) in [6.45, 7) is 3.59. The van der Waals surface area contributed by atoms with Gasteiger partial charge < -0.3 is 15.1 Å². The molecule has 31 heavy (non-hydrogen) atoms. The van der Waals surface area contributed by atoms with Crippen LogP contribution in [-0.4, -0.2) is 57.0 Å². The van der Waals surface area contributed by atoms with E-state index in [1.165, 1.54) is 12.0 Å². The summed E-state index contributed by atoms with van der Waals surface area (Å²) >= 11 is 0. The number of carbonyl (C=O) groups is 1. The first-order valence-corrected chi connectivity index (χ1v) is 10.2. The van der Waals surface area contributed by atoms with Gasteiger partial charge in [0.25, 0.3) is 0 Å². The molecule has 4 aromatic rings. The van der Waals surface area contributed by atoms with Crippen molar-refractivity contribution in [3.8, 4) is 0 Å². The van der Waals surface area contributed by atoms with Gasteiger partial charge in [0, 0.05) is 37.9 Å². The lowest BCUT2D eigenvalue weighted by Gasteiger charge is -2.36. The van der Waals surface area contributed by atoms with Gasteiger partial charge in [-0.25, -0.2) is 14.6 Å². The van der Waals surface area contributed by atoms with E-state index >= 15 is 0 Å². The molecule has 0 atom stereocenters. The van der Waals surface area contributed by atoms with Gasteiger partial charge in [-0.2, -0.15) is 0 Å². The summed E-state index contributed by atoms with van der Waals surface area (Å²) in [7, 11) is 0. The highest BCUT2D eigenvalue weighted by Gasteiger charge is 2.19. The van der Waals surface area contributed by atoms with Gasteiger partial charge in [0.15, 0.2) is 0 Å². The SMILES string of the molecule is O=C(Cn1nnc2ccccc21)Nc1cc(N2CCN(c3ccccc3)CC2)ncn1. The summed E-state index contributed by atoms with van der Waals surface area (Å²) in [5, 5.41) is 11.0. The fourth-order valence-corrected chi connectivity index (χ4v) is 3.77. The molecule has 9 nitrogen and oxygen atoms in total. The molecule has 0 radical (unpaired) electrons. The normalized spacial score (nSPS) is 14.1. The number of rotatable bonds is 5. The first-order valence-electron chi connectivity index (χ1n) is 10.2. The number of aromatic nitrogens is 5. The minimum atomic E-state index is -0.214. The van der Waals surface area contributed by atoms with Crippen LogP contribution < -0.4 is 15.1 Å². The molecule has 156 valence electrons. The topological polar surface area (TPSA) is 92.1 Å². The van der Waals surface area contributed by atoms with Crippen molar-refractivity contribution in [1.29, 1.82) is 0 Å². The second kappa shape index (κ2) is 8.39. The summed E-state index contributed by atoms with van der Waals surface area (Å²) in [5.41, 5.74) is 2.81. The highest BCUT2D eigenvalue weighted by molar-refractivity contribution is 5.90. The van der Waals surface area contributed by atoms with Crippen molar-refractivity contribution in [3.05, 3.63) is 67.0 Å². The third-order valence-electron chi connectivity index (χ3n) is 5.36. The van der Waals surface area contributed by atoms with Crippen LogP contribution in [0.3, 0.4) is 0 Å². The Hall–Kier alpha value is -4.01. The maximum Gasteiger partial charge on any atom is 0.247 e. The van der Waals surface area contributed by atoms with Crippen LogP contribution in [0.4, 0.5) is 17.3 Å². The van der Waals surface area contributed by atoms with Crippen molar-refractivity contribution in [2.45, 2.75) is 6.54 Å². The van der Waals surface area contributed by atoms with Crippen LogP contribution in [0.1, 0.15) is 0 Å². The van der Waals surface area contributed by atoms with Gasteiger partial charge >= 0.3 is 0 Å². The Balaban J connectivity index is 1.22. The maximum atomic E-state index is 12.5. The van der Waals surface area contributed by atoms with Gasteiger partial charge in [0.1, 0.15) is 30.0 Å². The first-order chi connectivity index (χ1) is 15.3. The molecule has 1 N–H and O–H groups in total. The molecule has 0 unspecified atom stereocenters. The molecule has 0 saturated carbocycles. The quantitative estimate of drug-likeness (QED) is 0.535. The Morgan fingerprint density at radius 3 is 2.48 bits per heavy atom. The number of fused-ring (bicyclic) bond motifs is 1. The summed E-state index contributed by atoms with van der Waals surface area (Å²) in [5.74, 6) is 1.07. The third-order valence-corrected chi connectivity index (χ3v) is 5.36. The van der Waals surface area contributed by atoms with Crippen molar-refractivity contribution < 1.29 is 4.79 Å². The molecule has 2 aromatic heterocycles. The molecule has 1 fully saturated rings. The number of para-hydroxylation sites is 2. The lowest BCUT2D eigenvalue weighted by atomic mass is 10.2. The number of carbonyl (C=O) groups excluding carboxylic acids is 1. The second-order valence-electron chi connectivity index (χ2n) is 7.36. The molecule has 0 aliphatic carbocycles. The molecule has 1 aliphatic heterocycles. The largest absolute Gasteiger partial charge is 0.368 e. The lowest BCUT2D eigenvalue weighted by Crippen LogP contribution is -2.46.